The van der Waals surface area contributed by atoms with Crippen molar-refractivity contribution < 1.29 is 13.5 Å². The Morgan fingerprint density at radius 3 is 2.76 bits per heavy atom. The maximum absolute atomic E-state index is 13.5. The van der Waals surface area contributed by atoms with E-state index in [1.807, 2.05) is 12.1 Å². The fourth-order valence-electron chi connectivity index (χ4n) is 2.84. The average Bonchev–Trinajstić information content (AvgIpc) is 2.52. The smallest absolute Gasteiger partial charge is 0.159 e. The summed E-state index contributed by atoms with van der Waals surface area (Å²) < 4.78 is 32.4. The largest absolute Gasteiger partial charge is 0.493 e. The normalized spacial score (nSPS) is 15.2. The fraction of sp³-hybridized carbons (Fsp3) is 0.294. The van der Waals surface area contributed by atoms with E-state index in [0.717, 1.165) is 30.2 Å². The van der Waals surface area contributed by atoms with Crippen molar-refractivity contribution >= 4 is 0 Å². The van der Waals surface area contributed by atoms with Gasteiger partial charge < -0.3 is 10.1 Å². The number of ether oxygens (including phenoxy) is 1. The molecule has 0 fully saturated rings. The lowest BCUT2D eigenvalue weighted by molar-refractivity contribution is 0.283. The Bertz CT molecular complexity index is 657. The molecule has 1 heterocycles. The Balaban J connectivity index is 2.06. The highest BCUT2D eigenvalue weighted by Gasteiger charge is 2.22. The molecular weight excluding hydrogens is 272 g/mol. The van der Waals surface area contributed by atoms with Crippen LogP contribution in [0.25, 0.3) is 0 Å². The first-order chi connectivity index (χ1) is 10.2. The molecule has 0 aliphatic carbocycles. The molecule has 0 radical (unpaired) electrons. The standard InChI is InChI=1S/C17H17F2NO/c1-20-16(12-7-8-14(18)15(19)10-12)13-6-2-4-11-5-3-9-21-17(11)13/h2,4,6-8,10,16,20H,3,5,9H2,1H3. The molecule has 0 bridgehead atoms. The zero-order valence-corrected chi connectivity index (χ0v) is 11.8. The average molecular weight is 289 g/mol. The van der Waals surface area contributed by atoms with E-state index in [4.69, 9.17) is 4.74 Å². The second-order valence-corrected chi connectivity index (χ2v) is 5.18. The molecule has 2 aromatic rings. The summed E-state index contributed by atoms with van der Waals surface area (Å²) in [5.41, 5.74) is 2.81. The SMILES string of the molecule is CNC(c1ccc(F)c(F)c1)c1cccc2c1OCCC2. The third kappa shape index (κ3) is 2.63. The molecular formula is C17H17F2NO. The first-order valence-electron chi connectivity index (χ1n) is 7.07. The van der Waals surface area contributed by atoms with Crippen molar-refractivity contribution in [3.8, 4) is 5.75 Å². The van der Waals surface area contributed by atoms with Crippen molar-refractivity contribution in [2.75, 3.05) is 13.7 Å². The molecule has 0 amide bonds. The van der Waals surface area contributed by atoms with Gasteiger partial charge in [0.2, 0.25) is 0 Å². The quantitative estimate of drug-likeness (QED) is 0.932. The number of hydrogen-bond acceptors (Lipinski definition) is 2. The van der Waals surface area contributed by atoms with E-state index in [1.165, 1.54) is 11.6 Å². The highest BCUT2D eigenvalue weighted by molar-refractivity contribution is 5.47. The lowest BCUT2D eigenvalue weighted by atomic mass is 9.93. The molecule has 21 heavy (non-hydrogen) atoms. The number of halogens is 2. The van der Waals surface area contributed by atoms with Crippen LogP contribution in [0.4, 0.5) is 8.78 Å². The lowest BCUT2D eigenvalue weighted by Crippen LogP contribution is -2.21. The minimum absolute atomic E-state index is 0.229. The van der Waals surface area contributed by atoms with Gasteiger partial charge in [0, 0.05) is 5.56 Å². The summed E-state index contributed by atoms with van der Waals surface area (Å²) in [5, 5.41) is 3.16. The van der Waals surface area contributed by atoms with Crippen molar-refractivity contribution in [1.29, 1.82) is 0 Å². The number of hydrogen-bond donors (Lipinski definition) is 1. The van der Waals surface area contributed by atoms with Crippen LogP contribution in [-0.4, -0.2) is 13.7 Å². The molecule has 0 saturated carbocycles. The molecule has 1 aliphatic heterocycles. The van der Waals surface area contributed by atoms with Gasteiger partial charge in [-0.15, -0.1) is 0 Å². The minimum Gasteiger partial charge on any atom is -0.493 e. The van der Waals surface area contributed by atoms with Gasteiger partial charge in [0.15, 0.2) is 11.6 Å². The van der Waals surface area contributed by atoms with E-state index in [0.29, 0.717) is 12.2 Å². The summed E-state index contributed by atoms with van der Waals surface area (Å²) in [7, 11) is 1.80. The number of nitrogens with one attached hydrogen (secondary N) is 1. The maximum atomic E-state index is 13.5. The Labute approximate surface area is 122 Å². The Kier molecular flexibility index (Phi) is 3.88. The highest BCUT2D eigenvalue weighted by Crippen LogP contribution is 2.35. The van der Waals surface area contributed by atoms with Crippen molar-refractivity contribution in [3.63, 3.8) is 0 Å². The predicted octanol–water partition coefficient (Wildman–Crippen LogP) is 3.60. The lowest BCUT2D eigenvalue weighted by Gasteiger charge is -2.25. The Morgan fingerprint density at radius 2 is 2.00 bits per heavy atom. The second-order valence-electron chi connectivity index (χ2n) is 5.18. The van der Waals surface area contributed by atoms with E-state index < -0.39 is 11.6 Å². The minimum atomic E-state index is -0.835. The van der Waals surface area contributed by atoms with Gasteiger partial charge in [0.25, 0.3) is 0 Å². The van der Waals surface area contributed by atoms with E-state index in [1.54, 1.807) is 13.1 Å². The van der Waals surface area contributed by atoms with Crippen LogP contribution in [0.3, 0.4) is 0 Å². The summed E-state index contributed by atoms with van der Waals surface area (Å²) in [5.74, 6) is -0.800. The van der Waals surface area contributed by atoms with Crippen LogP contribution in [0.5, 0.6) is 5.75 Å². The third-order valence-electron chi connectivity index (χ3n) is 3.84. The topological polar surface area (TPSA) is 21.3 Å². The molecule has 3 rings (SSSR count). The Hall–Kier alpha value is -1.94. The summed E-state index contributed by atoms with van der Waals surface area (Å²) in [6.45, 7) is 0.693. The molecule has 0 saturated heterocycles. The van der Waals surface area contributed by atoms with E-state index in [-0.39, 0.29) is 6.04 Å². The van der Waals surface area contributed by atoms with Crippen molar-refractivity contribution in [3.05, 3.63) is 64.7 Å². The maximum Gasteiger partial charge on any atom is 0.159 e. The van der Waals surface area contributed by atoms with Gasteiger partial charge in [-0.3, -0.25) is 0 Å². The second kappa shape index (κ2) is 5.82. The molecule has 0 spiro atoms. The number of aryl methyl sites for hydroxylation is 1. The van der Waals surface area contributed by atoms with Gasteiger partial charge in [-0.2, -0.15) is 0 Å². The molecule has 4 heteroatoms. The first-order valence-corrected chi connectivity index (χ1v) is 7.07. The van der Waals surface area contributed by atoms with Gasteiger partial charge in [0.1, 0.15) is 5.75 Å². The van der Waals surface area contributed by atoms with Crippen molar-refractivity contribution in [2.24, 2.45) is 0 Å². The summed E-state index contributed by atoms with van der Waals surface area (Å²) >= 11 is 0. The molecule has 2 nitrogen and oxygen atoms in total. The van der Waals surface area contributed by atoms with Gasteiger partial charge >= 0.3 is 0 Å². The first kappa shape index (κ1) is 14.0. The van der Waals surface area contributed by atoms with Gasteiger partial charge in [-0.05, 0) is 43.1 Å². The highest BCUT2D eigenvalue weighted by atomic mass is 19.2. The molecule has 110 valence electrons. The number of benzene rings is 2. The summed E-state index contributed by atoms with van der Waals surface area (Å²) in [6.07, 6.45) is 1.99. The zero-order valence-electron chi connectivity index (χ0n) is 11.8. The monoisotopic (exact) mass is 289 g/mol. The summed E-state index contributed by atoms with van der Waals surface area (Å²) in [4.78, 5) is 0. The van der Waals surface area contributed by atoms with E-state index >= 15 is 0 Å². The van der Waals surface area contributed by atoms with Crippen LogP contribution >= 0.6 is 0 Å². The molecule has 2 aromatic carbocycles. The van der Waals surface area contributed by atoms with E-state index in [2.05, 4.69) is 11.4 Å². The fourth-order valence-corrected chi connectivity index (χ4v) is 2.84. The van der Waals surface area contributed by atoms with E-state index in [9.17, 15) is 8.78 Å². The molecule has 1 atom stereocenters. The molecule has 1 aliphatic rings. The number of fused-ring (bicyclic) bond motifs is 1. The van der Waals surface area contributed by atoms with Crippen molar-refractivity contribution in [2.45, 2.75) is 18.9 Å². The van der Waals surface area contributed by atoms with Gasteiger partial charge in [0.05, 0.1) is 12.6 Å². The summed E-state index contributed by atoms with van der Waals surface area (Å²) in [6, 6.07) is 9.76. The van der Waals surface area contributed by atoms with Crippen LogP contribution in [0.2, 0.25) is 0 Å². The Morgan fingerprint density at radius 1 is 1.14 bits per heavy atom. The van der Waals surface area contributed by atoms with Gasteiger partial charge in [-0.25, -0.2) is 8.78 Å². The zero-order chi connectivity index (χ0) is 14.8. The van der Waals surface area contributed by atoms with Gasteiger partial charge in [-0.1, -0.05) is 24.3 Å². The number of rotatable bonds is 3. The molecule has 1 N–H and O–H groups in total. The third-order valence-corrected chi connectivity index (χ3v) is 3.84. The van der Waals surface area contributed by atoms with Crippen LogP contribution in [0.15, 0.2) is 36.4 Å². The van der Waals surface area contributed by atoms with Crippen LogP contribution < -0.4 is 10.1 Å². The van der Waals surface area contributed by atoms with Crippen LogP contribution in [0.1, 0.15) is 29.2 Å². The molecule has 1 unspecified atom stereocenters. The van der Waals surface area contributed by atoms with Crippen LogP contribution in [0, 0.1) is 11.6 Å². The molecule has 0 aromatic heterocycles. The predicted molar refractivity (Wildman–Crippen MR) is 77.5 cm³/mol. The number of para-hydroxylation sites is 1. The van der Waals surface area contributed by atoms with Crippen LogP contribution in [-0.2, 0) is 6.42 Å². The van der Waals surface area contributed by atoms with Crippen molar-refractivity contribution in [1.82, 2.24) is 5.32 Å².